The van der Waals surface area contributed by atoms with Crippen LogP contribution in [-0.2, 0) is 4.79 Å². The largest absolute Gasteiger partial charge is 0.453 e. The lowest BCUT2D eigenvalue weighted by Crippen LogP contribution is -2.12. The van der Waals surface area contributed by atoms with E-state index in [1.54, 1.807) is 25.2 Å². The van der Waals surface area contributed by atoms with Crippen molar-refractivity contribution >= 4 is 28.3 Å². The normalized spacial score (nSPS) is 11.1. The van der Waals surface area contributed by atoms with Gasteiger partial charge in [-0.15, -0.1) is 11.3 Å². The fraction of sp³-hybridized carbons (Fsp3) is 0.143. The molecule has 136 valence electrons. The van der Waals surface area contributed by atoms with Crippen LogP contribution < -0.4 is 10.4 Å². The van der Waals surface area contributed by atoms with E-state index in [2.05, 4.69) is 0 Å². The zero-order chi connectivity index (χ0) is 19.1. The topological polar surface area (TPSA) is 69.7 Å². The Morgan fingerprint density at radius 1 is 1.07 bits per heavy atom. The van der Waals surface area contributed by atoms with Crippen LogP contribution >= 0.6 is 11.3 Å². The maximum absolute atomic E-state index is 12.2. The molecule has 0 amide bonds. The van der Waals surface area contributed by atoms with E-state index >= 15 is 0 Å². The summed E-state index contributed by atoms with van der Waals surface area (Å²) in [6.07, 6.45) is 0. The number of hydrogen-bond acceptors (Lipinski definition) is 6. The molecule has 0 aliphatic heterocycles. The fourth-order valence-electron chi connectivity index (χ4n) is 2.99. The Labute approximate surface area is 158 Å². The van der Waals surface area contributed by atoms with Crippen LogP contribution in [0.1, 0.15) is 18.1 Å². The molecule has 0 spiro atoms. The van der Waals surface area contributed by atoms with Crippen LogP contribution in [-0.4, -0.2) is 5.97 Å². The molecule has 27 heavy (non-hydrogen) atoms. The first-order valence-electron chi connectivity index (χ1n) is 8.34. The van der Waals surface area contributed by atoms with Gasteiger partial charge in [-0.25, -0.2) is 4.79 Å². The molecule has 0 fully saturated rings. The predicted molar refractivity (Wildman–Crippen MR) is 104 cm³/mol. The zero-order valence-electron chi connectivity index (χ0n) is 15.0. The molecule has 4 rings (SSSR count). The van der Waals surface area contributed by atoms with Crippen molar-refractivity contribution in [1.29, 1.82) is 0 Å². The number of fused-ring (bicyclic) bond motifs is 1. The number of thiophene rings is 1. The molecule has 0 aliphatic carbocycles. The summed E-state index contributed by atoms with van der Waals surface area (Å²) < 4.78 is 16.6. The summed E-state index contributed by atoms with van der Waals surface area (Å²) in [5.74, 6) is 0.392. The summed E-state index contributed by atoms with van der Waals surface area (Å²) >= 11 is 1.65. The maximum Gasteiger partial charge on any atom is 0.343 e. The number of carbonyl (C=O) groups excluding carboxylic acids is 1. The maximum atomic E-state index is 12.2. The van der Waals surface area contributed by atoms with Gasteiger partial charge >= 0.3 is 11.6 Å². The van der Waals surface area contributed by atoms with Crippen molar-refractivity contribution in [2.45, 2.75) is 20.8 Å². The molecule has 0 N–H and O–H groups in total. The van der Waals surface area contributed by atoms with Crippen molar-refractivity contribution in [3.8, 4) is 27.7 Å². The Morgan fingerprint density at radius 2 is 1.89 bits per heavy atom. The van der Waals surface area contributed by atoms with Crippen molar-refractivity contribution in [3.63, 3.8) is 0 Å². The molecule has 6 heteroatoms. The van der Waals surface area contributed by atoms with Crippen LogP contribution in [0.5, 0.6) is 5.75 Å². The van der Waals surface area contributed by atoms with Gasteiger partial charge in [0.1, 0.15) is 11.3 Å². The summed E-state index contributed by atoms with van der Waals surface area (Å²) in [6.45, 7) is 4.58. The molecule has 3 heterocycles. The summed E-state index contributed by atoms with van der Waals surface area (Å²) in [5, 5.41) is 2.91. The van der Waals surface area contributed by atoms with Crippen LogP contribution in [0.3, 0.4) is 0 Å². The van der Waals surface area contributed by atoms with Gasteiger partial charge < -0.3 is 13.6 Å². The number of hydrogen-bond donors (Lipinski definition) is 0. The lowest BCUT2D eigenvalue weighted by atomic mass is 10.1. The van der Waals surface area contributed by atoms with Crippen LogP contribution in [0.15, 0.2) is 55.4 Å². The minimum Gasteiger partial charge on any atom is -0.453 e. The molecule has 4 aromatic rings. The number of benzene rings is 1. The van der Waals surface area contributed by atoms with Crippen LogP contribution in [0.4, 0.5) is 0 Å². The summed E-state index contributed by atoms with van der Waals surface area (Å²) in [7, 11) is 0. The van der Waals surface area contributed by atoms with Gasteiger partial charge in [0.2, 0.25) is 0 Å². The second-order valence-corrected chi connectivity index (χ2v) is 7.18. The van der Waals surface area contributed by atoms with Gasteiger partial charge in [0.15, 0.2) is 11.5 Å². The fourth-order valence-corrected chi connectivity index (χ4v) is 3.72. The molecule has 0 saturated carbocycles. The van der Waals surface area contributed by atoms with Gasteiger partial charge in [0.05, 0.1) is 5.56 Å². The van der Waals surface area contributed by atoms with Crippen molar-refractivity contribution in [2.24, 2.45) is 0 Å². The molecule has 0 unspecified atom stereocenters. The molecule has 5 nitrogen and oxygen atoms in total. The van der Waals surface area contributed by atoms with E-state index in [1.165, 1.54) is 6.92 Å². The Morgan fingerprint density at radius 3 is 2.59 bits per heavy atom. The van der Waals surface area contributed by atoms with Crippen molar-refractivity contribution in [1.82, 2.24) is 0 Å². The van der Waals surface area contributed by atoms with Gasteiger partial charge in [-0.3, -0.25) is 4.79 Å². The Balaban J connectivity index is 1.86. The second kappa shape index (κ2) is 6.55. The quantitative estimate of drug-likeness (QED) is 0.450. The van der Waals surface area contributed by atoms with Crippen molar-refractivity contribution in [3.05, 3.63) is 63.3 Å². The molecular weight excluding hydrogens is 364 g/mol. The summed E-state index contributed by atoms with van der Waals surface area (Å²) in [5.41, 5.74) is 1.97. The lowest BCUT2D eigenvalue weighted by Gasteiger charge is -2.10. The molecule has 3 aromatic heterocycles. The monoisotopic (exact) mass is 380 g/mol. The Bertz CT molecular complexity index is 1210. The second-order valence-electron chi connectivity index (χ2n) is 6.23. The number of esters is 1. The predicted octanol–water partition coefficient (Wildman–Crippen LogP) is 5.32. The Hall–Kier alpha value is -3.12. The summed E-state index contributed by atoms with van der Waals surface area (Å²) in [4.78, 5) is 24.7. The van der Waals surface area contributed by atoms with Crippen LogP contribution in [0, 0.1) is 13.8 Å². The van der Waals surface area contributed by atoms with E-state index in [1.807, 2.05) is 41.8 Å². The highest BCUT2D eigenvalue weighted by Gasteiger charge is 2.21. The number of rotatable bonds is 3. The van der Waals surface area contributed by atoms with Gasteiger partial charge in [0.25, 0.3) is 0 Å². The van der Waals surface area contributed by atoms with Crippen LogP contribution in [0.25, 0.3) is 32.9 Å². The van der Waals surface area contributed by atoms with Gasteiger partial charge in [0, 0.05) is 22.8 Å². The number of carbonyl (C=O) groups is 1. The van der Waals surface area contributed by atoms with Gasteiger partial charge in [-0.2, -0.15) is 0 Å². The molecule has 0 aliphatic rings. The number of ether oxygens (including phenoxy) is 1. The van der Waals surface area contributed by atoms with Gasteiger partial charge in [-0.1, -0.05) is 18.2 Å². The first-order chi connectivity index (χ1) is 12.9. The van der Waals surface area contributed by atoms with Crippen molar-refractivity contribution < 1.29 is 18.4 Å². The first-order valence-corrected chi connectivity index (χ1v) is 9.22. The van der Waals surface area contributed by atoms with Gasteiger partial charge in [-0.05, 0) is 43.0 Å². The molecule has 1 aromatic carbocycles. The van der Waals surface area contributed by atoms with E-state index in [9.17, 15) is 9.59 Å². The third-order valence-electron chi connectivity index (χ3n) is 4.32. The zero-order valence-corrected chi connectivity index (χ0v) is 15.8. The third-order valence-corrected chi connectivity index (χ3v) is 5.24. The SMILES string of the molecule is CC(=O)Oc1c(C)c(-c2cc3ccc(-c4cccs4)cc3o2)oc(=O)c1C. The molecule has 0 atom stereocenters. The van der Waals surface area contributed by atoms with Crippen molar-refractivity contribution in [2.75, 3.05) is 0 Å². The average molecular weight is 380 g/mol. The third kappa shape index (κ3) is 3.08. The molecular formula is C21H16O5S. The summed E-state index contributed by atoms with van der Waals surface area (Å²) in [6, 6.07) is 11.8. The molecule has 0 radical (unpaired) electrons. The average Bonchev–Trinajstić information content (AvgIpc) is 3.30. The molecule has 0 bridgehead atoms. The van der Waals surface area contributed by atoms with E-state index in [0.29, 0.717) is 16.9 Å². The van der Waals surface area contributed by atoms with Crippen LogP contribution in [0.2, 0.25) is 0 Å². The van der Waals surface area contributed by atoms with E-state index in [-0.39, 0.29) is 17.1 Å². The first kappa shape index (κ1) is 17.3. The smallest absolute Gasteiger partial charge is 0.343 e. The standard InChI is InChI=1S/C21H16O5S/c1-11-19(24-13(3)22)12(2)21(23)26-20(11)17-9-14-6-7-15(10-16(14)25-17)18-5-4-8-27-18/h4-10H,1-3H3. The minimum atomic E-state index is -0.563. The van der Waals surface area contributed by atoms with E-state index in [4.69, 9.17) is 13.6 Å². The Kier molecular flexibility index (Phi) is 4.20. The van der Waals surface area contributed by atoms with E-state index < -0.39 is 11.6 Å². The lowest BCUT2D eigenvalue weighted by molar-refractivity contribution is -0.132. The minimum absolute atomic E-state index is 0.216. The highest BCUT2D eigenvalue weighted by Crippen LogP contribution is 2.36. The highest BCUT2D eigenvalue weighted by molar-refractivity contribution is 7.13. The molecule has 0 saturated heterocycles. The highest BCUT2D eigenvalue weighted by atomic mass is 32.1. The number of furan rings is 1. The van der Waals surface area contributed by atoms with E-state index in [0.717, 1.165) is 15.8 Å².